The van der Waals surface area contributed by atoms with E-state index in [0.717, 1.165) is 15.6 Å². The number of carbonyl (C=O) groups is 2. The molecule has 1 aliphatic heterocycles. The lowest BCUT2D eigenvalue weighted by Gasteiger charge is -2.36. The molecule has 0 amide bonds. The van der Waals surface area contributed by atoms with Crippen molar-refractivity contribution in [1.82, 2.24) is 0 Å². The molecule has 1 aromatic heterocycles. The number of furan rings is 1. The van der Waals surface area contributed by atoms with Gasteiger partial charge in [-0.05, 0) is 55.7 Å². The maximum atomic E-state index is 12.6. The standard InChI is InChI=1S/C21H19BrO5/c1-12-16(26-19(23)13-3-5-15(22)6-4-13)7-9-21(2)17(12)20(24)27-18(21)14-8-10-25-11-14/h3-6,8,10-11,16,18H,7,9H2,1-2H3/t16-,18+,21-/m1/s1. The lowest BCUT2D eigenvalue weighted by atomic mass is 9.67. The molecule has 4 rings (SSSR count). The van der Waals surface area contributed by atoms with Gasteiger partial charge in [0.1, 0.15) is 12.2 Å². The molecule has 0 N–H and O–H groups in total. The Bertz CT molecular complexity index is 913. The first-order chi connectivity index (χ1) is 12.9. The number of halogens is 1. The molecule has 1 saturated heterocycles. The number of ether oxygens (including phenoxy) is 2. The van der Waals surface area contributed by atoms with Crippen molar-refractivity contribution in [2.75, 3.05) is 0 Å². The molecule has 2 aliphatic rings. The Balaban J connectivity index is 1.61. The van der Waals surface area contributed by atoms with E-state index in [2.05, 4.69) is 15.9 Å². The van der Waals surface area contributed by atoms with Gasteiger partial charge in [-0.25, -0.2) is 9.59 Å². The van der Waals surface area contributed by atoms with Crippen LogP contribution < -0.4 is 0 Å². The topological polar surface area (TPSA) is 65.7 Å². The SMILES string of the molecule is CC1=C2C(=O)O[C@@H](c3ccoc3)[C@]2(C)CC[C@H]1OC(=O)c1ccc(Br)cc1. The Kier molecular flexibility index (Phi) is 4.46. The van der Waals surface area contributed by atoms with E-state index in [4.69, 9.17) is 13.9 Å². The third-order valence-corrected chi connectivity index (χ3v) is 6.09. The average Bonchev–Trinajstić information content (AvgIpc) is 3.25. The van der Waals surface area contributed by atoms with Gasteiger partial charge >= 0.3 is 11.9 Å². The van der Waals surface area contributed by atoms with Crippen LogP contribution in [0.4, 0.5) is 0 Å². The number of carbonyl (C=O) groups excluding carboxylic acids is 2. The van der Waals surface area contributed by atoms with E-state index in [1.54, 1.807) is 36.8 Å². The van der Waals surface area contributed by atoms with E-state index in [9.17, 15) is 9.59 Å². The van der Waals surface area contributed by atoms with E-state index in [-0.39, 0.29) is 12.1 Å². The molecule has 0 radical (unpaired) electrons. The van der Waals surface area contributed by atoms with Gasteiger partial charge in [-0.1, -0.05) is 22.9 Å². The highest BCUT2D eigenvalue weighted by Crippen LogP contribution is 2.56. The van der Waals surface area contributed by atoms with E-state index < -0.39 is 17.5 Å². The Morgan fingerprint density at radius 3 is 2.67 bits per heavy atom. The molecule has 1 fully saturated rings. The molecule has 0 bridgehead atoms. The molecule has 27 heavy (non-hydrogen) atoms. The zero-order chi connectivity index (χ0) is 19.2. The van der Waals surface area contributed by atoms with Gasteiger partial charge in [-0.3, -0.25) is 0 Å². The van der Waals surface area contributed by atoms with Crippen LogP contribution in [0.25, 0.3) is 0 Å². The fourth-order valence-corrected chi connectivity index (χ4v) is 4.39. The molecule has 0 saturated carbocycles. The van der Waals surface area contributed by atoms with Gasteiger partial charge < -0.3 is 13.9 Å². The van der Waals surface area contributed by atoms with Crippen LogP contribution in [0, 0.1) is 5.41 Å². The highest BCUT2D eigenvalue weighted by molar-refractivity contribution is 9.10. The van der Waals surface area contributed by atoms with Crippen LogP contribution in [0.15, 0.2) is 62.9 Å². The lowest BCUT2D eigenvalue weighted by molar-refractivity contribution is -0.140. The largest absolute Gasteiger partial charge is 0.472 e. The van der Waals surface area contributed by atoms with Crippen molar-refractivity contribution in [1.29, 1.82) is 0 Å². The summed E-state index contributed by atoms with van der Waals surface area (Å²) < 4.78 is 17.5. The summed E-state index contributed by atoms with van der Waals surface area (Å²) in [4.78, 5) is 25.1. The third kappa shape index (κ3) is 3.02. The summed E-state index contributed by atoms with van der Waals surface area (Å²) in [6, 6.07) is 8.83. The van der Waals surface area contributed by atoms with Crippen LogP contribution in [0.5, 0.6) is 0 Å². The number of fused-ring (bicyclic) bond motifs is 1. The van der Waals surface area contributed by atoms with Gasteiger partial charge in [0.2, 0.25) is 0 Å². The van der Waals surface area contributed by atoms with Crippen LogP contribution in [0.1, 0.15) is 48.7 Å². The Labute approximate surface area is 165 Å². The van der Waals surface area contributed by atoms with Crippen molar-refractivity contribution in [3.8, 4) is 0 Å². The van der Waals surface area contributed by atoms with Crippen molar-refractivity contribution < 1.29 is 23.5 Å². The summed E-state index contributed by atoms with van der Waals surface area (Å²) in [5.74, 6) is -0.737. The number of esters is 2. The van der Waals surface area contributed by atoms with Crippen LogP contribution in [-0.2, 0) is 14.3 Å². The zero-order valence-corrected chi connectivity index (χ0v) is 16.6. The summed E-state index contributed by atoms with van der Waals surface area (Å²) in [5, 5.41) is 0. The average molecular weight is 431 g/mol. The van der Waals surface area contributed by atoms with Gasteiger partial charge in [-0.2, -0.15) is 0 Å². The monoisotopic (exact) mass is 430 g/mol. The lowest BCUT2D eigenvalue weighted by Crippen LogP contribution is -2.34. The quantitative estimate of drug-likeness (QED) is 0.642. The molecule has 3 atom stereocenters. The summed E-state index contributed by atoms with van der Waals surface area (Å²) in [7, 11) is 0. The molecule has 0 unspecified atom stereocenters. The van der Waals surface area contributed by atoms with Gasteiger partial charge in [0.25, 0.3) is 0 Å². The minimum absolute atomic E-state index is 0.342. The summed E-state index contributed by atoms with van der Waals surface area (Å²) in [5.41, 5.74) is 2.26. The molecule has 1 aromatic carbocycles. The number of rotatable bonds is 3. The van der Waals surface area contributed by atoms with E-state index >= 15 is 0 Å². The number of cyclic esters (lactones) is 1. The minimum Gasteiger partial charge on any atom is -0.472 e. The Hall–Kier alpha value is -2.34. The van der Waals surface area contributed by atoms with Gasteiger partial charge in [0, 0.05) is 21.0 Å². The molecule has 6 heteroatoms. The first-order valence-corrected chi connectivity index (χ1v) is 9.60. The predicted octanol–water partition coefficient (Wildman–Crippen LogP) is 4.98. The summed E-state index contributed by atoms with van der Waals surface area (Å²) in [6.45, 7) is 3.88. The highest BCUT2D eigenvalue weighted by Gasteiger charge is 2.54. The molecule has 1 aliphatic carbocycles. The second-order valence-corrected chi connectivity index (χ2v) is 8.17. The van der Waals surface area contributed by atoms with Crippen molar-refractivity contribution in [3.63, 3.8) is 0 Å². The van der Waals surface area contributed by atoms with Crippen LogP contribution in [0.3, 0.4) is 0 Å². The minimum atomic E-state index is -0.453. The number of hydrogen-bond donors (Lipinski definition) is 0. The van der Waals surface area contributed by atoms with Gasteiger partial charge in [0.05, 0.1) is 18.1 Å². The second-order valence-electron chi connectivity index (χ2n) is 7.26. The Morgan fingerprint density at radius 2 is 2.00 bits per heavy atom. The van der Waals surface area contributed by atoms with Crippen LogP contribution in [0.2, 0.25) is 0 Å². The molecule has 2 heterocycles. The van der Waals surface area contributed by atoms with Gasteiger partial charge in [-0.15, -0.1) is 0 Å². The fourth-order valence-electron chi connectivity index (χ4n) is 4.13. The molecule has 2 aromatic rings. The normalized spacial score (nSPS) is 27.3. The van der Waals surface area contributed by atoms with Crippen LogP contribution >= 0.6 is 15.9 Å². The van der Waals surface area contributed by atoms with Crippen molar-refractivity contribution >= 4 is 27.9 Å². The molecular formula is C21H19BrO5. The highest BCUT2D eigenvalue weighted by atomic mass is 79.9. The van der Waals surface area contributed by atoms with Crippen molar-refractivity contribution in [2.24, 2.45) is 5.41 Å². The molecule has 5 nitrogen and oxygen atoms in total. The second kappa shape index (κ2) is 6.68. The fraction of sp³-hybridized carbons (Fsp3) is 0.333. The van der Waals surface area contributed by atoms with Crippen molar-refractivity contribution in [2.45, 2.75) is 38.9 Å². The van der Waals surface area contributed by atoms with E-state index in [1.807, 2.05) is 19.9 Å². The smallest absolute Gasteiger partial charge is 0.338 e. The van der Waals surface area contributed by atoms with Crippen molar-refractivity contribution in [3.05, 3.63) is 69.6 Å². The number of benzene rings is 1. The maximum Gasteiger partial charge on any atom is 0.338 e. The van der Waals surface area contributed by atoms with E-state index in [0.29, 0.717) is 24.0 Å². The summed E-state index contributed by atoms with van der Waals surface area (Å²) in [6.07, 6.45) is 3.70. The Morgan fingerprint density at radius 1 is 1.26 bits per heavy atom. The molecule has 140 valence electrons. The predicted molar refractivity (Wildman–Crippen MR) is 101 cm³/mol. The maximum absolute atomic E-state index is 12.6. The zero-order valence-electron chi connectivity index (χ0n) is 15.0. The van der Waals surface area contributed by atoms with Gasteiger partial charge in [0.15, 0.2) is 0 Å². The first-order valence-electron chi connectivity index (χ1n) is 8.81. The third-order valence-electron chi connectivity index (χ3n) is 5.56. The number of hydrogen-bond acceptors (Lipinski definition) is 5. The molecular weight excluding hydrogens is 412 g/mol. The van der Waals surface area contributed by atoms with E-state index in [1.165, 1.54) is 0 Å². The molecule has 0 spiro atoms. The first kappa shape index (κ1) is 18.0. The summed E-state index contributed by atoms with van der Waals surface area (Å²) >= 11 is 3.35. The van der Waals surface area contributed by atoms with Crippen LogP contribution in [-0.4, -0.2) is 18.0 Å².